The van der Waals surface area contributed by atoms with Crippen molar-refractivity contribution in [3.63, 3.8) is 0 Å². The van der Waals surface area contributed by atoms with Crippen LogP contribution >= 0.6 is 0 Å². The molecule has 0 unspecified atom stereocenters. The number of benzene rings is 2. The second-order valence-corrected chi connectivity index (χ2v) is 4.87. The van der Waals surface area contributed by atoms with E-state index in [9.17, 15) is 9.18 Å². The van der Waals surface area contributed by atoms with E-state index in [1.165, 1.54) is 17.7 Å². The standard InChI is InChI=1S/C17H17FO/c1-12-3-5-14(6-4-12)7-10-17(19)16-9-8-15(18)11-13(16)2/h3-6,8-9,11H,7,10H2,1-2H3. The van der Waals surface area contributed by atoms with Crippen LogP contribution in [0.3, 0.4) is 0 Å². The van der Waals surface area contributed by atoms with E-state index in [4.69, 9.17) is 0 Å². The Hall–Kier alpha value is -1.96. The van der Waals surface area contributed by atoms with Gasteiger partial charge in [0.05, 0.1) is 0 Å². The Morgan fingerprint density at radius 1 is 1.05 bits per heavy atom. The lowest BCUT2D eigenvalue weighted by atomic mass is 9.99. The maximum Gasteiger partial charge on any atom is 0.163 e. The van der Waals surface area contributed by atoms with Crippen LogP contribution in [0.15, 0.2) is 42.5 Å². The summed E-state index contributed by atoms with van der Waals surface area (Å²) in [6, 6.07) is 12.5. The number of carbonyl (C=O) groups is 1. The van der Waals surface area contributed by atoms with Gasteiger partial charge in [0.15, 0.2) is 5.78 Å². The molecule has 0 spiro atoms. The average Bonchev–Trinajstić information content (AvgIpc) is 2.37. The van der Waals surface area contributed by atoms with Crippen molar-refractivity contribution in [2.75, 3.05) is 0 Å². The van der Waals surface area contributed by atoms with Crippen LogP contribution in [0, 0.1) is 19.7 Å². The van der Waals surface area contributed by atoms with Crippen LogP contribution < -0.4 is 0 Å². The molecular formula is C17H17FO. The fourth-order valence-electron chi connectivity index (χ4n) is 2.09. The molecule has 0 bridgehead atoms. The van der Waals surface area contributed by atoms with Crippen molar-refractivity contribution in [1.82, 2.24) is 0 Å². The Morgan fingerprint density at radius 3 is 2.37 bits per heavy atom. The zero-order chi connectivity index (χ0) is 13.8. The van der Waals surface area contributed by atoms with Crippen molar-refractivity contribution in [3.05, 3.63) is 70.5 Å². The number of hydrogen-bond donors (Lipinski definition) is 0. The first kappa shape index (κ1) is 13.5. The summed E-state index contributed by atoms with van der Waals surface area (Å²) in [6.07, 6.45) is 1.17. The zero-order valence-corrected chi connectivity index (χ0v) is 11.2. The van der Waals surface area contributed by atoms with Crippen molar-refractivity contribution in [1.29, 1.82) is 0 Å². The molecule has 2 aromatic carbocycles. The smallest absolute Gasteiger partial charge is 0.163 e. The van der Waals surface area contributed by atoms with Crippen LogP contribution in [0.5, 0.6) is 0 Å². The first-order valence-corrected chi connectivity index (χ1v) is 6.41. The minimum atomic E-state index is -0.299. The molecule has 0 saturated heterocycles. The number of aryl methyl sites for hydroxylation is 3. The van der Waals surface area contributed by atoms with Crippen molar-refractivity contribution in [2.45, 2.75) is 26.7 Å². The van der Waals surface area contributed by atoms with Gasteiger partial charge in [0.1, 0.15) is 5.82 Å². The summed E-state index contributed by atoms with van der Waals surface area (Å²) >= 11 is 0. The van der Waals surface area contributed by atoms with Crippen LogP contribution in [0.25, 0.3) is 0 Å². The van der Waals surface area contributed by atoms with Gasteiger partial charge in [-0.05, 0) is 49.6 Å². The Kier molecular flexibility index (Phi) is 4.10. The highest BCUT2D eigenvalue weighted by atomic mass is 19.1. The summed E-state index contributed by atoms with van der Waals surface area (Å²) in [7, 11) is 0. The van der Waals surface area contributed by atoms with E-state index in [2.05, 4.69) is 0 Å². The van der Waals surface area contributed by atoms with E-state index in [-0.39, 0.29) is 11.6 Å². The van der Waals surface area contributed by atoms with Gasteiger partial charge < -0.3 is 0 Å². The minimum absolute atomic E-state index is 0.0677. The molecule has 2 heteroatoms. The lowest BCUT2D eigenvalue weighted by Crippen LogP contribution is -2.04. The predicted octanol–water partition coefficient (Wildman–Crippen LogP) is 4.26. The van der Waals surface area contributed by atoms with E-state index in [0.717, 1.165) is 12.0 Å². The molecule has 0 aliphatic rings. The Morgan fingerprint density at radius 2 is 1.74 bits per heavy atom. The first-order chi connectivity index (χ1) is 9.06. The molecule has 0 aliphatic carbocycles. The normalized spacial score (nSPS) is 10.5. The van der Waals surface area contributed by atoms with E-state index in [0.29, 0.717) is 17.5 Å². The van der Waals surface area contributed by atoms with Gasteiger partial charge in [-0.15, -0.1) is 0 Å². The summed E-state index contributed by atoms with van der Waals surface area (Å²) < 4.78 is 13.0. The van der Waals surface area contributed by atoms with Gasteiger partial charge in [-0.25, -0.2) is 4.39 Å². The first-order valence-electron chi connectivity index (χ1n) is 6.41. The fourth-order valence-corrected chi connectivity index (χ4v) is 2.09. The van der Waals surface area contributed by atoms with E-state index in [1.54, 1.807) is 13.0 Å². The molecule has 0 N–H and O–H groups in total. The average molecular weight is 256 g/mol. The number of Topliss-reactive ketones (excluding diaryl/α,β-unsaturated/α-hetero) is 1. The van der Waals surface area contributed by atoms with Crippen LogP contribution in [-0.2, 0) is 6.42 Å². The van der Waals surface area contributed by atoms with Gasteiger partial charge in [-0.2, -0.15) is 0 Å². The fraction of sp³-hybridized carbons (Fsp3) is 0.235. The molecular weight excluding hydrogens is 239 g/mol. The van der Waals surface area contributed by atoms with Crippen LogP contribution in [-0.4, -0.2) is 5.78 Å². The van der Waals surface area contributed by atoms with Crippen LogP contribution in [0.1, 0.15) is 33.5 Å². The summed E-state index contributed by atoms with van der Waals surface area (Å²) in [6.45, 7) is 3.80. The van der Waals surface area contributed by atoms with Crippen molar-refractivity contribution >= 4 is 5.78 Å². The van der Waals surface area contributed by atoms with Crippen molar-refractivity contribution in [2.24, 2.45) is 0 Å². The highest BCUT2D eigenvalue weighted by Gasteiger charge is 2.09. The molecule has 19 heavy (non-hydrogen) atoms. The monoisotopic (exact) mass is 256 g/mol. The molecule has 0 radical (unpaired) electrons. The van der Waals surface area contributed by atoms with Gasteiger partial charge >= 0.3 is 0 Å². The molecule has 0 aromatic heterocycles. The van der Waals surface area contributed by atoms with Crippen LogP contribution in [0.2, 0.25) is 0 Å². The largest absolute Gasteiger partial charge is 0.294 e. The Bertz CT molecular complexity index is 585. The third-order valence-electron chi connectivity index (χ3n) is 3.25. The number of carbonyl (C=O) groups excluding carboxylic acids is 1. The van der Waals surface area contributed by atoms with Gasteiger partial charge in [0, 0.05) is 12.0 Å². The van der Waals surface area contributed by atoms with E-state index >= 15 is 0 Å². The maximum absolute atomic E-state index is 13.0. The Balaban J connectivity index is 2.03. The second-order valence-electron chi connectivity index (χ2n) is 4.87. The van der Waals surface area contributed by atoms with E-state index in [1.807, 2.05) is 31.2 Å². The molecule has 98 valence electrons. The molecule has 2 rings (SSSR count). The molecule has 2 aromatic rings. The molecule has 0 heterocycles. The third-order valence-corrected chi connectivity index (χ3v) is 3.25. The zero-order valence-electron chi connectivity index (χ0n) is 11.2. The highest BCUT2D eigenvalue weighted by Crippen LogP contribution is 2.14. The molecule has 0 saturated carbocycles. The molecule has 0 aliphatic heterocycles. The molecule has 0 fully saturated rings. The maximum atomic E-state index is 13.0. The summed E-state index contributed by atoms with van der Waals surface area (Å²) in [5.41, 5.74) is 3.69. The predicted molar refractivity (Wildman–Crippen MR) is 75.0 cm³/mol. The van der Waals surface area contributed by atoms with E-state index < -0.39 is 0 Å². The van der Waals surface area contributed by atoms with Gasteiger partial charge in [0.25, 0.3) is 0 Å². The van der Waals surface area contributed by atoms with Crippen LogP contribution in [0.4, 0.5) is 4.39 Å². The van der Waals surface area contributed by atoms with Crippen molar-refractivity contribution < 1.29 is 9.18 Å². The lowest BCUT2D eigenvalue weighted by Gasteiger charge is -2.05. The van der Waals surface area contributed by atoms with Gasteiger partial charge in [-0.1, -0.05) is 29.8 Å². The quantitative estimate of drug-likeness (QED) is 0.747. The third kappa shape index (κ3) is 3.50. The second kappa shape index (κ2) is 5.79. The van der Waals surface area contributed by atoms with Crippen molar-refractivity contribution in [3.8, 4) is 0 Å². The Labute approximate surface area is 113 Å². The lowest BCUT2D eigenvalue weighted by molar-refractivity contribution is 0.0982. The summed E-state index contributed by atoms with van der Waals surface area (Å²) in [5.74, 6) is -0.231. The van der Waals surface area contributed by atoms with Gasteiger partial charge in [-0.3, -0.25) is 4.79 Å². The topological polar surface area (TPSA) is 17.1 Å². The molecule has 1 nitrogen and oxygen atoms in total. The van der Waals surface area contributed by atoms with Gasteiger partial charge in [0.2, 0.25) is 0 Å². The number of rotatable bonds is 4. The molecule has 0 atom stereocenters. The number of ketones is 1. The molecule has 0 amide bonds. The highest BCUT2D eigenvalue weighted by molar-refractivity contribution is 5.97. The number of halogens is 1. The SMILES string of the molecule is Cc1ccc(CCC(=O)c2ccc(F)cc2C)cc1. The number of hydrogen-bond acceptors (Lipinski definition) is 1. The minimum Gasteiger partial charge on any atom is -0.294 e. The summed E-state index contributed by atoms with van der Waals surface area (Å²) in [5, 5.41) is 0. The summed E-state index contributed by atoms with van der Waals surface area (Å²) in [4.78, 5) is 12.1.